The van der Waals surface area contributed by atoms with Crippen LogP contribution in [0.2, 0.25) is 0 Å². The van der Waals surface area contributed by atoms with Gasteiger partial charge in [-0.25, -0.2) is 14.0 Å². The first-order valence-electron chi connectivity index (χ1n) is 11.1. The van der Waals surface area contributed by atoms with Gasteiger partial charge in [-0.15, -0.1) is 0 Å². The lowest BCUT2D eigenvalue weighted by Gasteiger charge is -2.22. The van der Waals surface area contributed by atoms with Gasteiger partial charge in [-0.1, -0.05) is 30.3 Å². The zero-order chi connectivity index (χ0) is 26.2. The first-order chi connectivity index (χ1) is 16.4. The largest absolute Gasteiger partial charge is 0.467 e. The maximum atomic E-state index is 14.1. The molecule has 0 spiro atoms. The molecule has 35 heavy (non-hydrogen) atoms. The number of nitrogens with one attached hydrogen (secondary N) is 2. The average molecular weight is 487 g/mol. The van der Waals surface area contributed by atoms with Crippen molar-refractivity contribution in [2.45, 2.75) is 58.2 Å². The van der Waals surface area contributed by atoms with Crippen LogP contribution in [-0.2, 0) is 36.7 Å². The van der Waals surface area contributed by atoms with Gasteiger partial charge in [-0.2, -0.15) is 0 Å². The number of esters is 2. The molecule has 2 N–H and O–H groups in total. The van der Waals surface area contributed by atoms with E-state index in [0.29, 0.717) is 11.1 Å². The molecule has 0 aliphatic carbocycles. The van der Waals surface area contributed by atoms with Gasteiger partial charge >= 0.3 is 11.9 Å². The number of methoxy groups -OCH3 is 1. The monoisotopic (exact) mass is 486 g/mol. The Bertz CT molecular complexity index is 1060. The lowest BCUT2D eigenvalue weighted by atomic mass is 10.0. The highest BCUT2D eigenvalue weighted by Gasteiger charge is 2.28. The number of carbonyl (C=O) groups excluding carboxylic acids is 4. The molecule has 0 unspecified atom stereocenters. The summed E-state index contributed by atoms with van der Waals surface area (Å²) in [4.78, 5) is 49.2. The number of carbonyl (C=O) groups is 4. The maximum Gasteiger partial charge on any atom is 0.338 e. The Balaban J connectivity index is 2.16. The minimum absolute atomic E-state index is 0.0689. The maximum absolute atomic E-state index is 14.1. The van der Waals surface area contributed by atoms with Gasteiger partial charge in [0.05, 0.1) is 12.7 Å². The molecule has 0 aliphatic heterocycles. The van der Waals surface area contributed by atoms with Crippen molar-refractivity contribution in [1.29, 1.82) is 0 Å². The van der Waals surface area contributed by atoms with E-state index < -0.39 is 47.3 Å². The Morgan fingerprint density at radius 1 is 0.914 bits per heavy atom. The van der Waals surface area contributed by atoms with Crippen LogP contribution < -0.4 is 10.6 Å². The summed E-state index contributed by atoms with van der Waals surface area (Å²) in [5.74, 6) is -2.82. The van der Waals surface area contributed by atoms with Crippen molar-refractivity contribution in [2.24, 2.45) is 0 Å². The fraction of sp³-hybridized carbons (Fsp3) is 0.385. The van der Waals surface area contributed by atoms with Gasteiger partial charge in [-0.05, 0) is 50.1 Å². The van der Waals surface area contributed by atoms with E-state index in [1.165, 1.54) is 32.2 Å². The highest BCUT2D eigenvalue weighted by Crippen LogP contribution is 2.15. The summed E-state index contributed by atoms with van der Waals surface area (Å²) in [6.45, 7) is 6.54. The molecular weight excluding hydrogens is 455 g/mol. The number of benzene rings is 2. The Kier molecular flexibility index (Phi) is 9.50. The molecule has 0 heterocycles. The van der Waals surface area contributed by atoms with E-state index >= 15 is 0 Å². The summed E-state index contributed by atoms with van der Waals surface area (Å²) in [5, 5.41) is 5.09. The standard InChI is InChI=1S/C26H31FN2O6/c1-16(30)28-21(15-19-8-6-7-9-20(19)27)23(31)29-22(25(33)34-5)14-17-10-12-18(13-11-17)24(32)35-26(2,3)4/h6-13,21-22H,14-15H2,1-5H3,(H,28,30)(H,29,31)/t21-,22+/m1/s1. The van der Waals surface area contributed by atoms with Crippen LogP contribution in [0.1, 0.15) is 49.2 Å². The summed E-state index contributed by atoms with van der Waals surface area (Å²) in [5.41, 5.74) is 0.605. The lowest BCUT2D eigenvalue weighted by molar-refractivity contribution is -0.145. The number of hydrogen-bond acceptors (Lipinski definition) is 6. The fourth-order valence-corrected chi connectivity index (χ4v) is 3.30. The summed E-state index contributed by atoms with van der Waals surface area (Å²) >= 11 is 0. The third-order valence-corrected chi connectivity index (χ3v) is 4.91. The predicted octanol–water partition coefficient (Wildman–Crippen LogP) is 2.73. The van der Waals surface area contributed by atoms with Crippen molar-refractivity contribution in [3.63, 3.8) is 0 Å². The van der Waals surface area contributed by atoms with Crippen LogP contribution in [0.5, 0.6) is 0 Å². The highest BCUT2D eigenvalue weighted by atomic mass is 19.1. The van der Waals surface area contributed by atoms with Crippen LogP contribution >= 0.6 is 0 Å². The molecule has 2 aromatic rings. The van der Waals surface area contributed by atoms with E-state index in [-0.39, 0.29) is 18.4 Å². The molecule has 188 valence electrons. The third-order valence-electron chi connectivity index (χ3n) is 4.91. The molecule has 2 aromatic carbocycles. The molecule has 0 fully saturated rings. The average Bonchev–Trinajstić information content (AvgIpc) is 2.78. The molecule has 0 bridgehead atoms. The Hall–Kier alpha value is -3.75. The molecule has 2 amide bonds. The molecule has 8 nitrogen and oxygen atoms in total. The molecule has 2 atom stereocenters. The van der Waals surface area contributed by atoms with Gasteiger partial charge in [0, 0.05) is 19.8 Å². The second-order valence-corrected chi connectivity index (χ2v) is 9.04. The Morgan fingerprint density at radius 2 is 1.54 bits per heavy atom. The van der Waals surface area contributed by atoms with Crippen molar-refractivity contribution in [2.75, 3.05) is 7.11 Å². The molecular formula is C26H31FN2O6. The molecule has 0 saturated carbocycles. The summed E-state index contributed by atoms with van der Waals surface area (Å²) < 4.78 is 24.3. The Labute approximate surface area is 204 Å². The van der Waals surface area contributed by atoms with Gasteiger partial charge in [0.25, 0.3) is 0 Å². The third kappa shape index (κ3) is 8.84. The molecule has 0 aliphatic rings. The van der Waals surface area contributed by atoms with Gasteiger partial charge in [0.2, 0.25) is 11.8 Å². The van der Waals surface area contributed by atoms with Crippen molar-refractivity contribution in [1.82, 2.24) is 10.6 Å². The molecule has 9 heteroatoms. The minimum Gasteiger partial charge on any atom is -0.467 e. The SMILES string of the molecule is COC(=O)[C@H](Cc1ccc(C(=O)OC(C)(C)C)cc1)NC(=O)[C@@H](Cc1ccccc1F)NC(C)=O. The van der Waals surface area contributed by atoms with E-state index in [4.69, 9.17) is 9.47 Å². The first kappa shape index (κ1) is 27.5. The van der Waals surface area contributed by atoms with Gasteiger partial charge in [0.1, 0.15) is 23.5 Å². The summed E-state index contributed by atoms with van der Waals surface area (Å²) in [7, 11) is 1.19. The van der Waals surface area contributed by atoms with E-state index in [1.54, 1.807) is 51.1 Å². The second-order valence-electron chi connectivity index (χ2n) is 9.04. The summed E-state index contributed by atoms with van der Waals surface area (Å²) in [6, 6.07) is 10.2. The fourth-order valence-electron chi connectivity index (χ4n) is 3.30. The van der Waals surface area contributed by atoms with E-state index in [0.717, 1.165) is 0 Å². The lowest BCUT2D eigenvalue weighted by Crippen LogP contribution is -2.53. The highest BCUT2D eigenvalue weighted by molar-refractivity contribution is 5.91. The minimum atomic E-state index is -1.11. The van der Waals surface area contributed by atoms with Crippen molar-refractivity contribution in [3.05, 3.63) is 71.0 Å². The van der Waals surface area contributed by atoms with Gasteiger partial charge in [0.15, 0.2) is 0 Å². The quantitative estimate of drug-likeness (QED) is 0.528. The molecule has 0 aromatic heterocycles. The number of halogens is 1. The van der Waals surface area contributed by atoms with Crippen molar-refractivity contribution >= 4 is 23.8 Å². The normalized spacial score (nSPS) is 12.7. The van der Waals surface area contributed by atoms with Gasteiger partial charge < -0.3 is 20.1 Å². The number of ether oxygens (including phenoxy) is 2. The van der Waals surface area contributed by atoms with E-state index in [9.17, 15) is 23.6 Å². The number of rotatable bonds is 9. The van der Waals surface area contributed by atoms with E-state index in [2.05, 4.69) is 10.6 Å². The topological polar surface area (TPSA) is 111 Å². The molecule has 2 rings (SSSR count). The van der Waals surface area contributed by atoms with Crippen LogP contribution in [0.3, 0.4) is 0 Å². The Morgan fingerprint density at radius 3 is 2.09 bits per heavy atom. The van der Waals surface area contributed by atoms with Crippen LogP contribution in [0.15, 0.2) is 48.5 Å². The zero-order valence-corrected chi connectivity index (χ0v) is 20.5. The first-order valence-corrected chi connectivity index (χ1v) is 11.1. The smallest absolute Gasteiger partial charge is 0.338 e. The predicted molar refractivity (Wildman–Crippen MR) is 127 cm³/mol. The summed E-state index contributed by atoms with van der Waals surface area (Å²) in [6.07, 6.45) is -0.0317. The second kappa shape index (κ2) is 12.1. The number of amides is 2. The molecule has 0 radical (unpaired) electrons. The van der Waals surface area contributed by atoms with Gasteiger partial charge in [-0.3, -0.25) is 9.59 Å². The zero-order valence-electron chi connectivity index (χ0n) is 20.5. The van der Waals surface area contributed by atoms with Crippen LogP contribution in [0, 0.1) is 5.82 Å². The van der Waals surface area contributed by atoms with E-state index in [1.807, 2.05) is 0 Å². The van der Waals surface area contributed by atoms with Crippen LogP contribution in [0.25, 0.3) is 0 Å². The number of hydrogen-bond donors (Lipinski definition) is 2. The van der Waals surface area contributed by atoms with Crippen LogP contribution in [-0.4, -0.2) is 48.5 Å². The molecule has 0 saturated heterocycles. The van der Waals surface area contributed by atoms with Crippen molar-refractivity contribution in [3.8, 4) is 0 Å². The van der Waals surface area contributed by atoms with Crippen LogP contribution in [0.4, 0.5) is 4.39 Å². The van der Waals surface area contributed by atoms with Crippen molar-refractivity contribution < 1.29 is 33.0 Å².